The van der Waals surface area contributed by atoms with E-state index < -0.39 is 0 Å². The van der Waals surface area contributed by atoms with Crippen molar-refractivity contribution in [3.05, 3.63) is 28.2 Å². The Hall–Kier alpha value is -0.250. The van der Waals surface area contributed by atoms with Gasteiger partial charge in [0.05, 0.1) is 0 Å². The number of halogens is 2. The zero-order chi connectivity index (χ0) is 9.26. The Morgan fingerprint density at radius 3 is 2.86 bits per heavy atom. The number of phenolic OH excluding ortho intramolecular Hbond substituents is 1. The second kappa shape index (κ2) is 5.01. The Morgan fingerprint density at radius 1 is 1.43 bits per heavy atom. The van der Waals surface area contributed by atoms with Gasteiger partial charge in [0.2, 0.25) is 0 Å². The predicted molar refractivity (Wildman–Crippen MR) is 63.0 cm³/mol. The van der Waals surface area contributed by atoms with Crippen LogP contribution in [0.25, 0.3) is 0 Å². The minimum atomic E-state index is 0. The molecule has 2 rings (SSSR count). The van der Waals surface area contributed by atoms with Crippen molar-refractivity contribution in [3.8, 4) is 5.75 Å². The van der Waals surface area contributed by atoms with E-state index in [1.54, 1.807) is 6.07 Å². The monoisotopic (exact) mass is 277 g/mol. The lowest BCUT2D eigenvalue weighted by atomic mass is 10.1. The number of benzene rings is 1. The van der Waals surface area contributed by atoms with Crippen LogP contribution in [-0.2, 0) is 0 Å². The minimum Gasteiger partial charge on any atom is -0.508 e. The smallest absolute Gasteiger partial charge is 0.115 e. The van der Waals surface area contributed by atoms with E-state index in [0.29, 0.717) is 11.8 Å². The highest BCUT2D eigenvalue weighted by Gasteiger charge is 2.18. The van der Waals surface area contributed by atoms with Gasteiger partial charge in [0.1, 0.15) is 5.75 Å². The highest BCUT2D eigenvalue weighted by molar-refractivity contribution is 9.10. The standard InChI is InChI=1S/C10H12BrNO.ClH/c11-9-4-3-7(13)6-8(9)10-2-1-5-12-10;/h3-4,6,10,12-13H,1-2,5H2;1H/t10-;/m0./s1. The zero-order valence-electron chi connectivity index (χ0n) is 7.66. The predicted octanol–water partition coefficient (Wildman–Crippen LogP) is 3.00. The molecule has 0 aliphatic carbocycles. The van der Waals surface area contributed by atoms with E-state index in [9.17, 15) is 5.11 Å². The van der Waals surface area contributed by atoms with Gasteiger partial charge in [-0.25, -0.2) is 0 Å². The van der Waals surface area contributed by atoms with Gasteiger partial charge >= 0.3 is 0 Å². The van der Waals surface area contributed by atoms with Crippen molar-refractivity contribution in [2.24, 2.45) is 0 Å². The van der Waals surface area contributed by atoms with Gasteiger partial charge in [-0.2, -0.15) is 0 Å². The van der Waals surface area contributed by atoms with Gasteiger partial charge in [-0.1, -0.05) is 15.9 Å². The zero-order valence-corrected chi connectivity index (χ0v) is 10.1. The van der Waals surface area contributed by atoms with Crippen LogP contribution in [0.3, 0.4) is 0 Å². The average Bonchev–Trinajstić information content (AvgIpc) is 2.61. The first kappa shape index (κ1) is 11.8. The summed E-state index contributed by atoms with van der Waals surface area (Å²) in [6.07, 6.45) is 2.37. The number of nitrogens with one attached hydrogen (secondary N) is 1. The van der Waals surface area contributed by atoms with Crippen molar-refractivity contribution in [3.63, 3.8) is 0 Å². The summed E-state index contributed by atoms with van der Waals surface area (Å²) in [7, 11) is 0. The van der Waals surface area contributed by atoms with Gasteiger partial charge < -0.3 is 10.4 Å². The van der Waals surface area contributed by atoms with Crippen LogP contribution in [0, 0.1) is 0 Å². The molecule has 1 atom stereocenters. The van der Waals surface area contributed by atoms with E-state index in [1.165, 1.54) is 6.42 Å². The minimum absolute atomic E-state index is 0. The summed E-state index contributed by atoms with van der Waals surface area (Å²) in [4.78, 5) is 0. The summed E-state index contributed by atoms with van der Waals surface area (Å²) in [6.45, 7) is 1.08. The second-order valence-corrected chi connectivity index (χ2v) is 4.21. The third kappa shape index (κ3) is 2.41. The summed E-state index contributed by atoms with van der Waals surface area (Å²) in [6, 6.07) is 5.82. The molecule has 1 aromatic rings. The molecule has 1 fully saturated rings. The molecule has 2 N–H and O–H groups in total. The van der Waals surface area contributed by atoms with Crippen LogP contribution in [0.1, 0.15) is 24.4 Å². The molecule has 0 bridgehead atoms. The number of phenols is 1. The summed E-state index contributed by atoms with van der Waals surface area (Å²) >= 11 is 3.49. The Kier molecular flexibility index (Phi) is 4.23. The lowest BCUT2D eigenvalue weighted by molar-refractivity contribution is 0.472. The third-order valence-electron chi connectivity index (χ3n) is 2.42. The molecule has 1 heterocycles. The Labute approximate surface area is 98.3 Å². The van der Waals surface area contributed by atoms with Gasteiger partial charge in [-0.3, -0.25) is 0 Å². The largest absolute Gasteiger partial charge is 0.508 e. The Bertz CT molecular complexity index is 313. The molecule has 4 heteroatoms. The van der Waals surface area contributed by atoms with Crippen molar-refractivity contribution in [1.29, 1.82) is 0 Å². The van der Waals surface area contributed by atoms with Crippen molar-refractivity contribution >= 4 is 28.3 Å². The van der Waals surface area contributed by atoms with E-state index in [4.69, 9.17) is 0 Å². The molecule has 0 unspecified atom stereocenters. The van der Waals surface area contributed by atoms with Crippen LogP contribution in [0.4, 0.5) is 0 Å². The molecule has 14 heavy (non-hydrogen) atoms. The summed E-state index contributed by atoms with van der Waals surface area (Å²) in [5.41, 5.74) is 1.16. The summed E-state index contributed by atoms with van der Waals surface area (Å²) in [5.74, 6) is 0.340. The third-order valence-corrected chi connectivity index (χ3v) is 3.14. The van der Waals surface area contributed by atoms with Gasteiger partial charge in [0.15, 0.2) is 0 Å². The van der Waals surface area contributed by atoms with Crippen LogP contribution in [0.5, 0.6) is 5.75 Å². The molecule has 0 aromatic heterocycles. The van der Waals surface area contributed by atoms with Crippen molar-refractivity contribution in [1.82, 2.24) is 5.32 Å². The first-order chi connectivity index (χ1) is 6.27. The maximum Gasteiger partial charge on any atom is 0.115 e. The quantitative estimate of drug-likeness (QED) is 0.828. The van der Waals surface area contributed by atoms with E-state index in [0.717, 1.165) is 23.0 Å². The topological polar surface area (TPSA) is 32.3 Å². The van der Waals surface area contributed by atoms with Crippen LogP contribution in [0.2, 0.25) is 0 Å². The van der Waals surface area contributed by atoms with Crippen LogP contribution < -0.4 is 5.32 Å². The average molecular weight is 279 g/mol. The fourth-order valence-corrected chi connectivity index (χ4v) is 2.27. The highest BCUT2D eigenvalue weighted by atomic mass is 79.9. The van der Waals surface area contributed by atoms with Crippen molar-refractivity contribution in [2.75, 3.05) is 6.54 Å². The number of rotatable bonds is 1. The Morgan fingerprint density at radius 2 is 2.21 bits per heavy atom. The fraction of sp³-hybridized carbons (Fsp3) is 0.400. The first-order valence-corrected chi connectivity index (χ1v) is 5.28. The molecule has 0 radical (unpaired) electrons. The molecule has 1 aliphatic rings. The summed E-state index contributed by atoms with van der Waals surface area (Å²) in [5, 5.41) is 12.7. The van der Waals surface area contributed by atoms with Gasteiger partial charge in [-0.15, -0.1) is 12.4 Å². The maximum atomic E-state index is 9.35. The molecule has 0 spiro atoms. The molecular weight excluding hydrogens is 265 g/mol. The van der Waals surface area contributed by atoms with Crippen molar-refractivity contribution < 1.29 is 5.11 Å². The summed E-state index contributed by atoms with van der Waals surface area (Å²) < 4.78 is 1.07. The van der Waals surface area contributed by atoms with Gasteiger partial charge in [0, 0.05) is 10.5 Å². The molecule has 0 saturated carbocycles. The normalized spacial score (nSPS) is 20.5. The second-order valence-electron chi connectivity index (χ2n) is 3.35. The molecule has 1 aromatic carbocycles. The fourth-order valence-electron chi connectivity index (χ4n) is 1.75. The highest BCUT2D eigenvalue weighted by Crippen LogP contribution is 2.31. The maximum absolute atomic E-state index is 9.35. The lowest BCUT2D eigenvalue weighted by Gasteiger charge is -2.12. The molecule has 2 nitrogen and oxygen atoms in total. The number of hydrogen-bond donors (Lipinski definition) is 2. The molecule has 0 amide bonds. The van der Waals surface area contributed by atoms with Crippen LogP contribution >= 0.6 is 28.3 Å². The van der Waals surface area contributed by atoms with Crippen molar-refractivity contribution in [2.45, 2.75) is 18.9 Å². The lowest BCUT2D eigenvalue weighted by Crippen LogP contribution is -2.13. The first-order valence-electron chi connectivity index (χ1n) is 4.49. The number of hydrogen-bond acceptors (Lipinski definition) is 2. The SMILES string of the molecule is Cl.Oc1ccc(Br)c([C@@H]2CCCN2)c1. The van der Waals surface area contributed by atoms with E-state index >= 15 is 0 Å². The Balaban J connectivity index is 0.000000980. The van der Waals surface area contributed by atoms with E-state index in [-0.39, 0.29) is 12.4 Å². The van der Waals surface area contributed by atoms with E-state index in [1.807, 2.05) is 12.1 Å². The van der Waals surface area contributed by atoms with Crippen LogP contribution in [-0.4, -0.2) is 11.7 Å². The molecule has 1 saturated heterocycles. The molecule has 78 valence electrons. The molecule has 1 aliphatic heterocycles. The van der Waals surface area contributed by atoms with Gasteiger partial charge in [0.25, 0.3) is 0 Å². The van der Waals surface area contributed by atoms with Crippen LogP contribution in [0.15, 0.2) is 22.7 Å². The van der Waals surface area contributed by atoms with Gasteiger partial charge in [-0.05, 0) is 43.1 Å². The molecular formula is C10H13BrClNO. The number of aromatic hydroxyl groups is 1. The van der Waals surface area contributed by atoms with E-state index in [2.05, 4.69) is 21.2 Å².